The highest BCUT2D eigenvalue weighted by molar-refractivity contribution is 9.10. The third kappa shape index (κ3) is 6.34. The molecule has 1 N–H and O–H groups in total. The minimum absolute atomic E-state index is 0.00187. The Morgan fingerprint density at radius 1 is 1.18 bits per heavy atom. The summed E-state index contributed by atoms with van der Waals surface area (Å²) in [4.78, 5) is 33.8. The molecular weight excluding hydrogens is 432 g/mol. The van der Waals surface area contributed by atoms with Gasteiger partial charge in [0.15, 0.2) is 6.61 Å². The van der Waals surface area contributed by atoms with Gasteiger partial charge >= 0.3 is 5.97 Å². The lowest BCUT2D eigenvalue weighted by molar-refractivity contribution is -0.384. The van der Waals surface area contributed by atoms with Gasteiger partial charge in [-0.25, -0.2) is 0 Å². The number of aryl methyl sites for hydroxylation is 2. The van der Waals surface area contributed by atoms with E-state index in [0.717, 1.165) is 11.1 Å². The molecule has 28 heavy (non-hydrogen) atoms. The summed E-state index contributed by atoms with van der Waals surface area (Å²) in [6, 6.07) is 9.71. The number of nitrogens with one attached hydrogen (secondary N) is 1. The second kappa shape index (κ2) is 9.84. The number of halogens is 1. The van der Waals surface area contributed by atoms with E-state index in [2.05, 4.69) is 21.2 Å². The highest BCUT2D eigenvalue weighted by Gasteiger charge is 2.13. The number of carbonyl (C=O) groups excluding carboxylic acids is 2. The maximum absolute atomic E-state index is 11.9. The number of ether oxygens (including phenoxy) is 2. The van der Waals surface area contributed by atoms with Crippen molar-refractivity contribution >= 4 is 39.2 Å². The summed E-state index contributed by atoms with van der Waals surface area (Å²) < 4.78 is 10.8. The third-order valence-corrected chi connectivity index (χ3v) is 4.37. The first-order valence-corrected chi connectivity index (χ1v) is 9.15. The summed E-state index contributed by atoms with van der Waals surface area (Å²) in [6.45, 7) is 3.53. The van der Waals surface area contributed by atoms with Gasteiger partial charge in [0.25, 0.3) is 11.6 Å². The highest BCUT2D eigenvalue weighted by atomic mass is 79.9. The van der Waals surface area contributed by atoms with Crippen LogP contribution in [0.5, 0.6) is 5.75 Å². The molecule has 0 saturated carbocycles. The van der Waals surface area contributed by atoms with Gasteiger partial charge in [-0.1, -0.05) is 12.1 Å². The SMILES string of the molecule is Cc1ccc(C)c(OCCC(=O)OCC(=O)Nc2ccc([N+](=O)[O-])cc2Br)c1. The third-order valence-electron chi connectivity index (χ3n) is 3.71. The zero-order valence-electron chi connectivity index (χ0n) is 15.4. The predicted octanol–water partition coefficient (Wildman–Crippen LogP) is 3.92. The van der Waals surface area contributed by atoms with E-state index < -0.39 is 23.4 Å². The Morgan fingerprint density at radius 3 is 2.61 bits per heavy atom. The largest absolute Gasteiger partial charge is 0.493 e. The van der Waals surface area contributed by atoms with Gasteiger partial charge in [-0.2, -0.15) is 0 Å². The highest BCUT2D eigenvalue weighted by Crippen LogP contribution is 2.27. The van der Waals surface area contributed by atoms with Crippen LogP contribution in [0.3, 0.4) is 0 Å². The molecule has 0 heterocycles. The maximum Gasteiger partial charge on any atom is 0.309 e. The second-order valence-corrected chi connectivity index (χ2v) is 6.85. The van der Waals surface area contributed by atoms with Crippen molar-refractivity contribution in [1.29, 1.82) is 0 Å². The topological polar surface area (TPSA) is 108 Å². The quantitative estimate of drug-likeness (QED) is 0.370. The van der Waals surface area contributed by atoms with Gasteiger partial charge < -0.3 is 14.8 Å². The van der Waals surface area contributed by atoms with Gasteiger partial charge in [-0.15, -0.1) is 0 Å². The van der Waals surface area contributed by atoms with E-state index in [4.69, 9.17) is 9.47 Å². The van der Waals surface area contributed by atoms with Crippen LogP contribution in [0.4, 0.5) is 11.4 Å². The minimum Gasteiger partial charge on any atom is -0.493 e. The summed E-state index contributed by atoms with van der Waals surface area (Å²) in [5, 5.41) is 13.2. The van der Waals surface area contributed by atoms with Crippen molar-refractivity contribution in [2.75, 3.05) is 18.5 Å². The number of nitrogens with zero attached hydrogens (tertiary/aromatic N) is 1. The predicted molar refractivity (Wildman–Crippen MR) is 106 cm³/mol. The van der Waals surface area contributed by atoms with Crippen molar-refractivity contribution < 1.29 is 24.0 Å². The number of anilines is 1. The lowest BCUT2D eigenvalue weighted by Crippen LogP contribution is -2.21. The van der Waals surface area contributed by atoms with Gasteiger partial charge in [-0.05, 0) is 53.0 Å². The molecule has 0 fully saturated rings. The first-order chi connectivity index (χ1) is 13.3. The maximum atomic E-state index is 11.9. The molecule has 0 aliphatic heterocycles. The Balaban J connectivity index is 1.75. The van der Waals surface area contributed by atoms with E-state index in [-0.39, 0.29) is 18.7 Å². The molecule has 0 unspecified atom stereocenters. The molecule has 0 radical (unpaired) electrons. The Bertz CT molecular complexity index is 900. The number of esters is 1. The van der Waals surface area contributed by atoms with Crippen LogP contribution in [-0.2, 0) is 14.3 Å². The fraction of sp³-hybridized carbons (Fsp3) is 0.263. The number of amides is 1. The minimum atomic E-state index is -0.566. The molecule has 0 bridgehead atoms. The van der Waals surface area contributed by atoms with Gasteiger partial charge in [0, 0.05) is 16.6 Å². The number of benzene rings is 2. The number of hydrogen-bond acceptors (Lipinski definition) is 6. The molecule has 0 spiro atoms. The van der Waals surface area contributed by atoms with Crippen LogP contribution in [0, 0.1) is 24.0 Å². The number of nitro benzene ring substituents is 1. The van der Waals surface area contributed by atoms with Crippen LogP contribution >= 0.6 is 15.9 Å². The first-order valence-electron chi connectivity index (χ1n) is 8.35. The molecule has 2 aromatic rings. The monoisotopic (exact) mass is 450 g/mol. The van der Waals surface area contributed by atoms with Crippen molar-refractivity contribution in [3.05, 3.63) is 62.1 Å². The van der Waals surface area contributed by atoms with E-state index in [1.165, 1.54) is 18.2 Å². The van der Waals surface area contributed by atoms with Crippen LogP contribution in [0.25, 0.3) is 0 Å². The second-order valence-electron chi connectivity index (χ2n) is 6.00. The average molecular weight is 451 g/mol. The molecule has 0 aromatic heterocycles. The summed E-state index contributed by atoms with van der Waals surface area (Å²) in [5.41, 5.74) is 2.24. The normalized spacial score (nSPS) is 10.2. The molecule has 0 atom stereocenters. The molecule has 0 aliphatic rings. The number of rotatable bonds is 8. The van der Waals surface area contributed by atoms with Crippen LogP contribution in [-0.4, -0.2) is 30.0 Å². The van der Waals surface area contributed by atoms with E-state index >= 15 is 0 Å². The number of non-ortho nitro benzene ring substituents is 1. The summed E-state index contributed by atoms with van der Waals surface area (Å²) in [7, 11) is 0. The lowest BCUT2D eigenvalue weighted by Gasteiger charge is -2.10. The molecule has 1 amide bonds. The zero-order chi connectivity index (χ0) is 20.7. The Hall–Kier alpha value is -2.94. The van der Waals surface area contributed by atoms with Gasteiger partial charge in [0.2, 0.25) is 0 Å². The zero-order valence-corrected chi connectivity index (χ0v) is 16.9. The van der Waals surface area contributed by atoms with Gasteiger partial charge in [0.05, 0.1) is 23.6 Å². The lowest BCUT2D eigenvalue weighted by atomic mass is 10.1. The van der Waals surface area contributed by atoms with Crippen molar-refractivity contribution in [1.82, 2.24) is 0 Å². The molecule has 2 aromatic carbocycles. The molecule has 9 heteroatoms. The van der Waals surface area contributed by atoms with Crippen molar-refractivity contribution in [2.45, 2.75) is 20.3 Å². The Morgan fingerprint density at radius 2 is 1.93 bits per heavy atom. The number of carbonyl (C=O) groups is 2. The van der Waals surface area contributed by atoms with E-state index in [1.54, 1.807) is 0 Å². The molecule has 8 nitrogen and oxygen atoms in total. The number of hydrogen-bond donors (Lipinski definition) is 1. The Labute approximate surface area is 170 Å². The summed E-state index contributed by atoms with van der Waals surface area (Å²) in [6.07, 6.45) is 0.00187. The molecule has 2 rings (SSSR count). The Kier molecular flexibility index (Phi) is 7.51. The summed E-state index contributed by atoms with van der Waals surface area (Å²) in [5.74, 6) is -0.421. The van der Waals surface area contributed by atoms with Crippen molar-refractivity contribution in [3.8, 4) is 5.75 Å². The average Bonchev–Trinajstić information content (AvgIpc) is 2.64. The standard InChI is InChI=1S/C19H19BrN2O6/c1-12-3-4-13(2)17(9-12)27-8-7-19(24)28-11-18(23)21-16-6-5-14(22(25)26)10-15(16)20/h3-6,9-10H,7-8,11H2,1-2H3,(H,21,23). The molecule has 0 aliphatic carbocycles. The summed E-state index contributed by atoms with van der Waals surface area (Å²) >= 11 is 3.15. The molecular formula is C19H19BrN2O6. The van der Waals surface area contributed by atoms with Gasteiger partial charge in [-0.3, -0.25) is 19.7 Å². The van der Waals surface area contributed by atoms with Crippen molar-refractivity contribution in [2.24, 2.45) is 0 Å². The van der Waals surface area contributed by atoms with Crippen LogP contribution in [0.1, 0.15) is 17.5 Å². The van der Waals surface area contributed by atoms with Gasteiger partial charge in [0.1, 0.15) is 5.75 Å². The molecule has 148 valence electrons. The fourth-order valence-electron chi connectivity index (χ4n) is 2.23. The molecule has 0 saturated heterocycles. The number of nitro groups is 1. The fourth-order valence-corrected chi connectivity index (χ4v) is 2.70. The van der Waals surface area contributed by atoms with Crippen molar-refractivity contribution in [3.63, 3.8) is 0 Å². The first kappa shape index (κ1) is 21.4. The van der Waals surface area contributed by atoms with Crippen LogP contribution in [0.2, 0.25) is 0 Å². The van der Waals surface area contributed by atoms with E-state index in [1.807, 2.05) is 32.0 Å². The van der Waals surface area contributed by atoms with Crippen LogP contribution in [0.15, 0.2) is 40.9 Å². The smallest absolute Gasteiger partial charge is 0.309 e. The van der Waals surface area contributed by atoms with E-state index in [9.17, 15) is 19.7 Å². The van der Waals surface area contributed by atoms with Crippen LogP contribution < -0.4 is 10.1 Å². The van der Waals surface area contributed by atoms with E-state index in [0.29, 0.717) is 15.9 Å².